The minimum atomic E-state index is -5.08. The lowest BCUT2D eigenvalue weighted by molar-refractivity contribution is -0.192. The third-order valence-corrected chi connectivity index (χ3v) is 4.34. The summed E-state index contributed by atoms with van der Waals surface area (Å²) in [5.41, 5.74) is 3.27. The molecule has 0 fully saturated rings. The van der Waals surface area contributed by atoms with Crippen LogP contribution in [0.4, 0.5) is 18.9 Å². The molecule has 7 nitrogen and oxygen atoms in total. The van der Waals surface area contributed by atoms with Gasteiger partial charge in [0.2, 0.25) is 0 Å². The summed E-state index contributed by atoms with van der Waals surface area (Å²) >= 11 is 0. The number of hydrogen-bond donors (Lipinski definition) is 2. The Morgan fingerprint density at radius 2 is 1.79 bits per heavy atom. The summed E-state index contributed by atoms with van der Waals surface area (Å²) in [6.45, 7) is 4.95. The monoisotopic (exact) mass is 466 g/mol. The van der Waals surface area contributed by atoms with Gasteiger partial charge in [0, 0.05) is 37.0 Å². The molecule has 0 radical (unpaired) electrons. The van der Waals surface area contributed by atoms with Crippen molar-refractivity contribution in [3.8, 4) is 23.0 Å². The van der Waals surface area contributed by atoms with E-state index in [2.05, 4.69) is 41.4 Å². The molecular formula is C23H25F3N2O5. The highest BCUT2D eigenvalue weighted by molar-refractivity contribution is 5.73. The quantitative estimate of drug-likeness (QED) is 0.497. The largest absolute Gasteiger partial charge is 0.491 e. The number of anilines is 1. The van der Waals surface area contributed by atoms with E-state index in [-0.39, 0.29) is 12.0 Å². The van der Waals surface area contributed by atoms with Gasteiger partial charge in [0.05, 0.1) is 6.10 Å². The van der Waals surface area contributed by atoms with Crippen LogP contribution >= 0.6 is 0 Å². The summed E-state index contributed by atoms with van der Waals surface area (Å²) in [7, 11) is 2.08. The van der Waals surface area contributed by atoms with Gasteiger partial charge in [0.25, 0.3) is 5.88 Å². The summed E-state index contributed by atoms with van der Waals surface area (Å²) in [5.74, 6) is -1.40. The summed E-state index contributed by atoms with van der Waals surface area (Å²) in [6, 6.07) is 17.8. The van der Waals surface area contributed by atoms with E-state index >= 15 is 0 Å². The van der Waals surface area contributed by atoms with Gasteiger partial charge in [-0.05, 0) is 43.1 Å². The molecule has 2 N–H and O–H groups in total. The maximum atomic E-state index is 10.6. The third-order valence-electron chi connectivity index (χ3n) is 4.34. The van der Waals surface area contributed by atoms with Crippen molar-refractivity contribution in [2.24, 2.45) is 0 Å². The van der Waals surface area contributed by atoms with Gasteiger partial charge in [-0.1, -0.05) is 30.3 Å². The molecule has 0 saturated heterocycles. The molecular weight excluding hydrogens is 441 g/mol. The van der Waals surface area contributed by atoms with Gasteiger partial charge < -0.3 is 24.4 Å². The maximum Gasteiger partial charge on any atom is 0.490 e. The van der Waals surface area contributed by atoms with Crippen LogP contribution in [0, 0.1) is 0 Å². The number of ether oxygens (including phenoxy) is 1. The number of nitrogens with zero attached hydrogens (tertiary/aromatic N) is 2. The number of halogens is 3. The number of carbonyl (C=O) groups is 1. The van der Waals surface area contributed by atoms with Crippen LogP contribution in [0.2, 0.25) is 0 Å². The first-order chi connectivity index (χ1) is 15.5. The standard InChI is InChI=1S/C21H24N2O3.C2HF3O2/c1-15(2)25-19-6-4-5-18(13-19)23(3)12-11-16-7-9-17(10-8-16)20-14-21(24)22-26-20;3-2(4,5)1(6)7/h4-10,13-15H,11-12H2,1-3H3,(H,22,24);(H,6,7). The Kier molecular flexibility index (Phi) is 8.72. The van der Waals surface area contributed by atoms with Crippen LogP contribution in [-0.2, 0) is 11.2 Å². The lowest BCUT2D eigenvalue weighted by Gasteiger charge is -2.20. The SMILES string of the molecule is CC(C)Oc1cccc(N(C)CCc2ccc(-c3cc(O)no3)cc2)c1.O=C(O)C(F)(F)F. The van der Waals surface area contributed by atoms with Crippen molar-refractivity contribution in [3.05, 3.63) is 60.2 Å². The van der Waals surface area contributed by atoms with Gasteiger partial charge in [-0.15, -0.1) is 0 Å². The van der Waals surface area contributed by atoms with Crippen molar-refractivity contribution in [1.29, 1.82) is 0 Å². The van der Waals surface area contributed by atoms with E-state index in [1.165, 1.54) is 11.6 Å². The summed E-state index contributed by atoms with van der Waals surface area (Å²) in [6.07, 6.45) is -3.99. The number of aromatic nitrogens is 1. The normalized spacial score (nSPS) is 11.0. The highest BCUT2D eigenvalue weighted by Gasteiger charge is 2.38. The Labute approximate surface area is 189 Å². The Morgan fingerprint density at radius 3 is 2.30 bits per heavy atom. The van der Waals surface area contributed by atoms with Gasteiger partial charge in [-0.2, -0.15) is 13.2 Å². The molecule has 0 atom stereocenters. The topological polar surface area (TPSA) is 96.0 Å². The predicted molar refractivity (Wildman–Crippen MR) is 116 cm³/mol. The zero-order valence-electron chi connectivity index (χ0n) is 18.3. The molecule has 10 heteroatoms. The maximum absolute atomic E-state index is 10.6. The number of benzene rings is 2. The summed E-state index contributed by atoms with van der Waals surface area (Å²) in [4.78, 5) is 11.1. The van der Waals surface area contributed by atoms with Crippen LogP contribution < -0.4 is 9.64 Å². The van der Waals surface area contributed by atoms with E-state index < -0.39 is 12.1 Å². The second-order valence-electron chi connectivity index (χ2n) is 7.38. The fourth-order valence-corrected chi connectivity index (χ4v) is 2.73. The smallest absolute Gasteiger partial charge is 0.490 e. The first kappa shape index (κ1) is 25.6. The van der Waals surface area contributed by atoms with Crippen LogP contribution in [0.3, 0.4) is 0 Å². The second-order valence-corrected chi connectivity index (χ2v) is 7.38. The fraction of sp³-hybridized carbons (Fsp3) is 0.304. The van der Waals surface area contributed by atoms with Crippen LogP contribution in [0.5, 0.6) is 11.6 Å². The summed E-state index contributed by atoms with van der Waals surface area (Å²) in [5, 5.41) is 19.9. The second kappa shape index (κ2) is 11.3. The van der Waals surface area contributed by atoms with E-state index in [1.807, 2.05) is 38.1 Å². The van der Waals surface area contributed by atoms with Gasteiger partial charge >= 0.3 is 12.1 Å². The molecule has 0 amide bonds. The molecule has 3 aromatic rings. The molecule has 0 saturated carbocycles. The number of carboxylic acid groups (broad SMARTS) is 1. The van der Waals surface area contributed by atoms with E-state index in [0.29, 0.717) is 5.76 Å². The molecule has 0 bridgehead atoms. The van der Waals surface area contributed by atoms with E-state index in [4.69, 9.17) is 19.2 Å². The van der Waals surface area contributed by atoms with E-state index in [1.54, 1.807) is 0 Å². The van der Waals surface area contributed by atoms with Crippen LogP contribution in [0.1, 0.15) is 19.4 Å². The van der Waals surface area contributed by atoms with Crippen LogP contribution in [0.25, 0.3) is 11.3 Å². The zero-order chi connectivity index (χ0) is 24.6. The van der Waals surface area contributed by atoms with Gasteiger partial charge in [-0.3, -0.25) is 0 Å². The lowest BCUT2D eigenvalue weighted by atomic mass is 10.1. The average molecular weight is 466 g/mol. The first-order valence-corrected chi connectivity index (χ1v) is 9.98. The minimum Gasteiger partial charge on any atom is -0.491 e. The molecule has 0 aliphatic rings. The molecule has 2 aromatic carbocycles. The molecule has 0 spiro atoms. The van der Waals surface area contributed by atoms with Crippen LogP contribution in [-0.4, -0.2) is 47.2 Å². The molecule has 33 heavy (non-hydrogen) atoms. The number of rotatable bonds is 7. The van der Waals surface area contributed by atoms with Gasteiger partial charge in [-0.25, -0.2) is 4.79 Å². The molecule has 0 aliphatic carbocycles. The van der Waals surface area contributed by atoms with Gasteiger partial charge in [0.1, 0.15) is 5.75 Å². The van der Waals surface area contributed by atoms with Crippen LogP contribution in [0.15, 0.2) is 59.1 Å². The molecule has 3 rings (SSSR count). The van der Waals surface area contributed by atoms with Crippen molar-refractivity contribution < 1.29 is 37.4 Å². The van der Waals surface area contributed by atoms with Crippen molar-refractivity contribution in [1.82, 2.24) is 5.16 Å². The highest BCUT2D eigenvalue weighted by atomic mass is 19.4. The highest BCUT2D eigenvalue weighted by Crippen LogP contribution is 2.24. The number of likely N-dealkylation sites (N-methyl/N-ethyl adjacent to an activating group) is 1. The number of alkyl halides is 3. The Balaban J connectivity index is 0.000000479. The van der Waals surface area contributed by atoms with Crippen molar-refractivity contribution in [2.45, 2.75) is 32.5 Å². The molecule has 178 valence electrons. The number of aliphatic carboxylic acids is 1. The molecule has 1 heterocycles. The Morgan fingerprint density at radius 1 is 1.15 bits per heavy atom. The molecule has 0 aliphatic heterocycles. The Bertz CT molecular complexity index is 1030. The average Bonchev–Trinajstić information content (AvgIpc) is 3.18. The van der Waals surface area contributed by atoms with Gasteiger partial charge in [0.15, 0.2) is 5.76 Å². The number of carboxylic acids is 1. The predicted octanol–water partition coefficient (Wildman–Crippen LogP) is 5.15. The fourth-order valence-electron chi connectivity index (χ4n) is 2.73. The lowest BCUT2D eigenvalue weighted by Crippen LogP contribution is -2.21. The van der Waals surface area contributed by atoms with E-state index in [0.717, 1.165) is 30.0 Å². The number of hydrogen-bond acceptors (Lipinski definition) is 6. The number of aromatic hydroxyl groups is 1. The zero-order valence-corrected chi connectivity index (χ0v) is 18.3. The molecule has 1 aromatic heterocycles. The van der Waals surface area contributed by atoms with Crippen molar-refractivity contribution in [2.75, 3.05) is 18.5 Å². The first-order valence-electron chi connectivity index (χ1n) is 9.98. The minimum absolute atomic E-state index is 0.102. The summed E-state index contributed by atoms with van der Waals surface area (Å²) < 4.78 is 42.6. The van der Waals surface area contributed by atoms with Crippen molar-refractivity contribution in [3.63, 3.8) is 0 Å². The Hall–Kier alpha value is -3.69. The third kappa shape index (κ3) is 8.40. The molecule has 0 unspecified atom stereocenters. The van der Waals surface area contributed by atoms with Crippen molar-refractivity contribution >= 4 is 11.7 Å². The van der Waals surface area contributed by atoms with E-state index in [9.17, 15) is 18.3 Å².